The van der Waals surface area contributed by atoms with Gasteiger partial charge in [-0.1, -0.05) is 27.7 Å². The average Bonchev–Trinajstić information content (AvgIpc) is 2.68. The molecule has 1 atom stereocenters. The highest BCUT2D eigenvalue weighted by Crippen LogP contribution is 2.25. The summed E-state index contributed by atoms with van der Waals surface area (Å²) in [6.45, 7) is 9.84. The van der Waals surface area contributed by atoms with Crippen LogP contribution in [0.5, 0.6) is 0 Å². The second-order valence-electron chi connectivity index (χ2n) is 6.04. The first-order valence-electron chi connectivity index (χ1n) is 6.77. The lowest BCUT2D eigenvalue weighted by molar-refractivity contribution is -0.138. The first-order valence-corrected chi connectivity index (χ1v) is 7.58. The van der Waals surface area contributed by atoms with Crippen molar-refractivity contribution >= 4 is 23.2 Å². The van der Waals surface area contributed by atoms with Crippen molar-refractivity contribution < 1.29 is 14.7 Å². The quantitative estimate of drug-likeness (QED) is 0.877. The van der Waals surface area contributed by atoms with Crippen molar-refractivity contribution in [3.63, 3.8) is 0 Å². The van der Waals surface area contributed by atoms with Crippen LogP contribution in [0.25, 0.3) is 0 Å². The van der Waals surface area contributed by atoms with Crippen LogP contribution in [0.15, 0.2) is 6.07 Å². The summed E-state index contributed by atoms with van der Waals surface area (Å²) in [5.74, 6) is -1.08. The van der Waals surface area contributed by atoms with Crippen LogP contribution in [-0.4, -0.2) is 23.0 Å². The van der Waals surface area contributed by atoms with E-state index in [1.165, 1.54) is 16.9 Å². The van der Waals surface area contributed by atoms with Gasteiger partial charge in [0.1, 0.15) is 0 Å². The SMILES string of the molecule is CCc1cc(C(=O)NC(CC(=O)O)C(C)(C)C)sc1C. The molecule has 1 amide bonds. The van der Waals surface area contributed by atoms with Crippen molar-refractivity contribution in [3.8, 4) is 0 Å². The Morgan fingerprint density at radius 3 is 2.40 bits per heavy atom. The van der Waals surface area contributed by atoms with Crippen molar-refractivity contribution in [2.75, 3.05) is 0 Å². The zero-order valence-corrected chi connectivity index (χ0v) is 13.6. The van der Waals surface area contributed by atoms with Crippen LogP contribution in [0.1, 0.15) is 54.2 Å². The van der Waals surface area contributed by atoms with Gasteiger partial charge in [-0.2, -0.15) is 0 Å². The van der Waals surface area contributed by atoms with Crippen molar-refractivity contribution in [2.45, 2.75) is 53.5 Å². The third-order valence-electron chi connectivity index (χ3n) is 3.35. The first kappa shape index (κ1) is 16.7. The van der Waals surface area contributed by atoms with Crippen molar-refractivity contribution in [2.24, 2.45) is 5.41 Å². The van der Waals surface area contributed by atoms with Gasteiger partial charge in [0, 0.05) is 10.9 Å². The Labute approximate surface area is 124 Å². The molecule has 1 heterocycles. The fourth-order valence-corrected chi connectivity index (χ4v) is 2.98. The number of carbonyl (C=O) groups excluding carboxylic acids is 1. The summed E-state index contributed by atoms with van der Waals surface area (Å²) >= 11 is 1.46. The highest BCUT2D eigenvalue weighted by Gasteiger charge is 2.29. The molecule has 0 fully saturated rings. The Hall–Kier alpha value is -1.36. The number of hydrogen-bond acceptors (Lipinski definition) is 3. The molecule has 1 aromatic heterocycles. The van der Waals surface area contributed by atoms with Crippen LogP contribution in [0, 0.1) is 12.3 Å². The smallest absolute Gasteiger partial charge is 0.305 e. The zero-order valence-electron chi connectivity index (χ0n) is 12.7. The molecule has 20 heavy (non-hydrogen) atoms. The summed E-state index contributed by atoms with van der Waals surface area (Å²) < 4.78 is 0. The molecule has 1 unspecified atom stereocenters. The van der Waals surface area contributed by atoms with Crippen LogP contribution in [-0.2, 0) is 11.2 Å². The number of thiophene rings is 1. The molecule has 0 aromatic carbocycles. The number of amides is 1. The molecule has 0 bridgehead atoms. The lowest BCUT2D eigenvalue weighted by Gasteiger charge is -2.30. The van der Waals surface area contributed by atoms with Gasteiger partial charge in [0.15, 0.2) is 0 Å². The van der Waals surface area contributed by atoms with Gasteiger partial charge in [-0.25, -0.2) is 0 Å². The van der Waals surface area contributed by atoms with Crippen LogP contribution < -0.4 is 5.32 Å². The second-order valence-corrected chi connectivity index (χ2v) is 7.29. The van der Waals surface area contributed by atoms with E-state index in [1.807, 2.05) is 33.8 Å². The number of rotatable bonds is 5. The normalized spacial score (nSPS) is 13.1. The maximum atomic E-state index is 12.3. The third kappa shape index (κ3) is 4.34. The Morgan fingerprint density at radius 2 is 2.00 bits per heavy atom. The average molecular weight is 297 g/mol. The van der Waals surface area contributed by atoms with Gasteiger partial charge < -0.3 is 10.4 Å². The minimum absolute atomic E-state index is 0.0692. The van der Waals surface area contributed by atoms with E-state index in [2.05, 4.69) is 12.2 Å². The molecule has 0 radical (unpaired) electrons. The monoisotopic (exact) mass is 297 g/mol. The Balaban J connectivity index is 2.87. The number of hydrogen-bond donors (Lipinski definition) is 2. The summed E-state index contributed by atoms with van der Waals surface area (Å²) in [7, 11) is 0. The number of carbonyl (C=O) groups is 2. The Bertz CT molecular complexity index is 500. The van der Waals surface area contributed by atoms with Crippen LogP contribution in [0.3, 0.4) is 0 Å². The van der Waals surface area contributed by atoms with E-state index < -0.39 is 5.97 Å². The molecule has 0 saturated carbocycles. The maximum Gasteiger partial charge on any atom is 0.305 e. The Kier molecular flexibility index (Phi) is 5.34. The Morgan fingerprint density at radius 1 is 1.40 bits per heavy atom. The van der Waals surface area contributed by atoms with Gasteiger partial charge >= 0.3 is 5.97 Å². The highest BCUT2D eigenvalue weighted by atomic mass is 32.1. The van der Waals surface area contributed by atoms with Gasteiger partial charge in [-0.05, 0) is 30.4 Å². The minimum atomic E-state index is -0.901. The number of carboxylic acid groups (broad SMARTS) is 1. The van der Waals surface area contributed by atoms with Crippen molar-refractivity contribution in [3.05, 3.63) is 21.4 Å². The molecule has 4 nitrogen and oxygen atoms in total. The molecule has 1 rings (SSSR count). The third-order valence-corrected chi connectivity index (χ3v) is 4.45. The van der Waals surface area contributed by atoms with E-state index in [9.17, 15) is 9.59 Å². The van der Waals surface area contributed by atoms with Crippen LogP contribution >= 0.6 is 11.3 Å². The molecule has 0 aliphatic heterocycles. The molecule has 0 saturated heterocycles. The summed E-state index contributed by atoms with van der Waals surface area (Å²) in [4.78, 5) is 25.0. The van der Waals surface area contributed by atoms with Gasteiger partial charge in [0.25, 0.3) is 5.91 Å². The van der Waals surface area contributed by atoms with E-state index in [1.54, 1.807) is 0 Å². The lowest BCUT2D eigenvalue weighted by Crippen LogP contribution is -2.44. The standard InChI is InChI=1S/C15H23NO3S/c1-6-10-7-11(20-9(10)2)14(19)16-12(8-13(17)18)15(3,4)5/h7,12H,6,8H2,1-5H3,(H,16,19)(H,17,18). The summed E-state index contributed by atoms with van der Waals surface area (Å²) in [6, 6.07) is 1.51. The topological polar surface area (TPSA) is 66.4 Å². The largest absolute Gasteiger partial charge is 0.481 e. The van der Waals surface area contributed by atoms with Gasteiger partial charge in [0.2, 0.25) is 0 Å². The molecule has 2 N–H and O–H groups in total. The minimum Gasteiger partial charge on any atom is -0.481 e. The van der Waals surface area contributed by atoms with E-state index in [-0.39, 0.29) is 23.8 Å². The molecule has 0 spiro atoms. The molecular formula is C15H23NO3S. The number of aryl methyl sites for hydroxylation is 2. The predicted molar refractivity (Wildman–Crippen MR) is 81.4 cm³/mol. The number of nitrogens with one attached hydrogen (secondary N) is 1. The fourth-order valence-electron chi connectivity index (χ4n) is 1.96. The van der Waals surface area contributed by atoms with Gasteiger partial charge in [-0.3, -0.25) is 9.59 Å². The number of aliphatic carboxylic acids is 1. The van der Waals surface area contributed by atoms with E-state index in [0.29, 0.717) is 4.88 Å². The maximum absolute atomic E-state index is 12.3. The van der Waals surface area contributed by atoms with E-state index in [4.69, 9.17) is 5.11 Å². The highest BCUT2D eigenvalue weighted by molar-refractivity contribution is 7.14. The first-order chi connectivity index (χ1) is 9.15. The predicted octanol–water partition coefficient (Wildman–Crippen LogP) is 3.24. The summed E-state index contributed by atoms with van der Waals surface area (Å²) in [6.07, 6.45) is 0.827. The summed E-state index contributed by atoms with van der Waals surface area (Å²) in [5.41, 5.74) is 0.874. The van der Waals surface area contributed by atoms with Gasteiger partial charge in [0.05, 0.1) is 11.3 Å². The molecule has 1 aromatic rings. The lowest BCUT2D eigenvalue weighted by atomic mass is 9.84. The molecule has 0 aliphatic carbocycles. The van der Waals surface area contributed by atoms with Crippen LogP contribution in [0.4, 0.5) is 0 Å². The number of carboxylic acids is 1. The van der Waals surface area contributed by atoms with Crippen LogP contribution in [0.2, 0.25) is 0 Å². The van der Waals surface area contributed by atoms with E-state index in [0.717, 1.165) is 11.3 Å². The van der Waals surface area contributed by atoms with Gasteiger partial charge in [-0.15, -0.1) is 11.3 Å². The fraction of sp³-hybridized carbons (Fsp3) is 0.600. The summed E-state index contributed by atoms with van der Waals surface area (Å²) in [5, 5.41) is 11.8. The van der Waals surface area contributed by atoms with Crippen molar-refractivity contribution in [1.29, 1.82) is 0 Å². The van der Waals surface area contributed by atoms with E-state index >= 15 is 0 Å². The second kappa shape index (κ2) is 6.39. The molecular weight excluding hydrogens is 274 g/mol. The molecule has 0 aliphatic rings. The molecule has 5 heteroatoms. The zero-order chi connectivity index (χ0) is 15.5. The molecule has 112 valence electrons. The van der Waals surface area contributed by atoms with Crippen molar-refractivity contribution in [1.82, 2.24) is 5.32 Å².